The second-order valence-electron chi connectivity index (χ2n) is 6.64. The standard InChI is InChI=1S/C22H20N2O/c25-18-13-19(16-7-3-1-4-8-16)22(21-11-12-23-15-24-21)20(14-18)17-9-5-2-6-10-17/h1-12,15,19-20,22H,13-14H2. The molecule has 0 spiro atoms. The zero-order valence-corrected chi connectivity index (χ0v) is 14.0. The Morgan fingerprint density at radius 2 is 1.32 bits per heavy atom. The minimum Gasteiger partial charge on any atom is -0.300 e. The van der Waals surface area contributed by atoms with Crippen molar-refractivity contribution in [3.8, 4) is 0 Å². The Hall–Kier alpha value is -2.81. The number of carbonyl (C=O) groups excluding carboxylic acids is 1. The van der Waals surface area contributed by atoms with Crippen LogP contribution in [0.3, 0.4) is 0 Å². The monoisotopic (exact) mass is 328 g/mol. The Balaban J connectivity index is 1.83. The van der Waals surface area contributed by atoms with Gasteiger partial charge in [0.1, 0.15) is 12.1 Å². The van der Waals surface area contributed by atoms with E-state index in [1.54, 1.807) is 12.5 Å². The van der Waals surface area contributed by atoms with E-state index in [9.17, 15) is 4.79 Å². The lowest BCUT2D eigenvalue weighted by atomic mass is 9.65. The molecular weight excluding hydrogens is 308 g/mol. The van der Waals surface area contributed by atoms with Crippen molar-refractivity contribution < 1.29 is 4.79 Å². The first-order valence-corrected chi connectivity index (χ1v) is 8.70. The van der Waals surface area contributed by atoms with Gasteiger partial charge in [-0.05, 0) is 29.0 Å². The van der Waals surface area contributed by atoms with Crippen molar-refractivity contribution in [2.45, 2.75) is 30.6 Å². The van der Waals surface area contributed by atoms with Crippen LogP contribution < -0.4 is 0 Å². The van der Waals surface area contributed by atoms with Crippen LogP contribution in [0.1, 0.15) is 47.4 Å². The second kappa shape index (κ2) is 6.98. The maximum atomic E-state index is 12.6. The van der Waals surface area contributed by atoms with Crippen molar-refractivity contribution in [1.29, 1.82) is 0 Å². The summed E-state index contributed by atoms with van der Waals surface area (Å²) >= 11 is 0. The predicted molar refractivity (Wildman–Crippen MR) is 97.4 cm³/mol. The molecule has 0 saturated heterocycles. The molecule has 1 aliphatic carbocycles. The van der Waals surface area contributed by atoms with Crippen LogP contribution in [0.15, 0.2) is 79.3 Å². The lowest BCUT2D eigenvalue weighted by Crippen LogP contribution is -2.29. The van der Waals surface area contributed by atoms with E-state index in [1.165, 1.54) is 11.1 Å². The first-order chi connectivity index (χ1) is 12.3. The van der Waals surface area contributed by atoms with Gasteiger partial charge in [0.05, 0.1) is 0 Å². The van der Waals surface area contributed by atoms with Crippen molar-refractivity contribution in [2.75, 3.05) is 0 Å². The van der Waals surface area contributed by atoms with Crippen molar-refractivity contribution in [3.05, 3.63) is 96.1 Å². The van der Waals surface area contributed by atoms with Crippen molar-refractivity contribution >= 4 is 5.78 Å². The van der Waals surface area contributed by atoms with E-state index in [1.807, 2.05) is 42.5 Å². The Bertz CT molecular complexity index is 782. The third-order valence-corrected chi connectivity index (χ3v) is 5.16. The Morgan fingerprint density at radius 1 is 0.760 bits per heavy atom. The summed E-state index contributed by atoms with van der Waals surface area (Å²) in [5.41, 5.74) is 3.44. The molecule has 25 heavy (non-hydrogen) atoms. The zero-order chi connectivity index (χ0) is 17.1. The molecule has 0 N–H and O–H groups in total. The fourth-order valence-electron chi connectivity index (χ4n) is 4.07. The maximum Gasteiger partial charge on any atom is 0.134 e. The molecule has 1 saturated carbocycles. The van der Waals surface area contributed by atoms with E-state index in [2.05, 4.69) is 34.2 Å². The topological polar surface area (TPSA) is 42.9 Å². The number of rotatable bonds is 3. The number of aromatic nitrogens is 2. The first-order valence-electron chi connectivity index (χ1n) is 8.70. The molecule has 3 heteroatoms. The van der Waals surface area contributed by atoms with Crippen molar-refractivity contribution in [2.24, 2.45) is 0 Å². The lowest BCUT2D eigenvalue weighted by Gasteiger charge is -2.38. The fourth-order valence-corrected chi connectivity index (χ4v) is 4.07. The molecule has 0 bridgehead atoms. The zero-order valence-electron chi connectivity index (χ0n) is 14.0. The van der Waals surface area contributed by atoms with Gasteiger partial charge < -0.3 is 0 Å². The molecule has 4 rings (SSSR count). The number of nitrogens with zero attached hydrogens (tertiary/aromatic N) is 2. The summed E-state index contributed by atoms with van der Waals surface area (Å²) in [5.74, 6) is 0.781. The number of ketones is 1. The van der Waals surface area contributed by atoms with Gasteiger partial charge in [0.15, 0.2) is 0 Å². The minimum atomic E-state index is 0.141. The quantitative estimate of drug-likeness (QED) is 0.711. The highest BCUT2D eigenvalue weighted by atomic mass is 16.1. The summed E-state index contributed by atoms with van der Waals surface area (Å²) in [4.78, 5) is 21.2. The van der Waals surface area contributed by atoms with E-state index in [4.69, 9.17) is 0 Å². The summed E-state index contributed by atoms with van der Waals surface area (Å²) in [7, 11) is 0. The van der Waals surface area contributed by atoms with Gasteiger partial charge in [-0.15, -0.1) is 0 Å². The van der Waals surface area contributed by atoms with E-state index in [0.717, 1.165) is 5.69 Å². The van der Waals surface area contributed by atoms with Gasteiger partial charge in [-0.1, -0.05) is 60.7 Å². The average molecular weight is 328 g/mol. The van der Waals surface area contributed by atoms with Gasteiger partial charge in [-0.3, -0.25) is 4.79 Å². The summed E-state index contributed by atoms with van der Waals surface area (Å²) in [6.45, 7) is 0. The second-order valence-corrected chi connectivity index (χ2v) is 6.64. The van der Waals surface area contributed by atoms with E-state index in [0.29, 0.717) is 18.6 Å². The molecule has 2 aromatic carbocycles. The molecule has 0 amide bonds. The number of Topliss-reactive ketones (excluding diaryl/α,β-unsaturated/α-hetero) is 1. The molecule has 2 atom stereocenters. The third-order valence-electron chi connectivity index (χ3n) is 5.16. The highest BCUT2D eigenvalue weighted by Crippen LogP contribution is 2.49. The Labute approximate surface area is 147 Å². The number of hydrogen-bond donors (Lipinski definition) is 0. The van der Waals surface area contributed by atoms with E-state index >= 15 is 0 Å². The molecular formula is C22H20N2O. The normalized spacial score (nSPS) is 23.4. The first kappa shape index (κ1) is 15.7. The summed E-state index contributed by atoms with van der Waals surface area (Å²) in [6, 6.07) is 22.7. The van der Waals surface area contributed by atoms with Crippen molar-refractivity contribution in [3.63, 3.8) is 0 Å². The summed E-state index contributed by atoms with van der Waals surface area (Å²) < 4.78 is 0. The smallest absolute Gasteiger partial charge is 0.134 e. The molecule has 3 nitrogen and oxygen atoms in total. The fraction of sp³-hybridized carbons (Fsp3) is 0.227. The van der Waals surface area contributed by atoms with Gasteiger partial charge in [-0.25, -0.2) is 9.97 Å². The number of carbonyl (C=O) groups is 1. The van der Waals surface area contributed by atoms with Crippen LogP contribution in [0.25, 0.3) is 0 Å². The lowest BCUT2D eigenvalue weighted by molar-refractivity contribution is -0.121. The van der Waals surface area contributed by atoms with E-state index in [-0.39, 0.29) is 17.8 Å². The Morgan fingerprint density at radius 3 is 1.80 bits per heavy atom. The Kier molecular flexibility index (Phi) is 4.38. The maximum absolute atomic E-state index is 12.6. The molecule has 1 aromatic heterocycles. The van der Waals surface area contributed by atoms with Crippen LogP contribution >= 0.6 is 0 Å². The van der Waals surface area contributed by atoms with Crippen molar-refractivity contribution in [1.82, 2.24) is 9.97 Å². The van der Waals surface area contributed by atoms with Crippen LogP contribution in [-0.2, 0) is 4.79 Å². The van der Waals surface area contributed by atoms with Gasteiger partial charge in [0, 0.05) is 30.7 Å². The molecule has 2 unspecified atom stereocenters. The SMILES string of the molecule is O=C1CC(c2ccccc2)C(c2ccncn2)C(c2ccccc2)C1. The molecule has 1 fully saturated rings. The molecule has 3 aromatic rings. The minimum absolute atomic E-state index is 0.141. The van der Waals surface area contributed by atoms with Gasteiger partial charge in [-0.2, -0.15) is 0 Å². The highest BCUT2D eigenvalue weighted by molar-refractivity contribution is 5.82. The number of benzene rings is 2. The molecule has 1 aliphatic rings. The number of hydrogen-bond acceptors (Lipinski definition) is 3. The van der Waals surface area contributed by atoms with Crippen LogP contribution in [-0.4, -0.2) is 15.8 Å². The average Bonchev–Trinajstić information content (AvgIpc) is 2.69. The predicted octanol–water partition coefficient (Wildman–Crippen LogP) is 4.49. The third kappa shape index (κ3) is 3.22. The van der Waals surface area contributed by atoms with Crippen LogP contribution in [0.5, 0.6) is 0 Å². The van der Waals surface area contributed by atoms with Gasteiger partial charge >= 0.3 is 0 Å². The van der Waals surface area contributed by atoms with Crippen LogP contribution in [0.2, 0.25) is 0 Å². The van der Waals surface area contributed by atoms with Crippen LogP contribution in [0.4, 0.5) is 0 Å². The molecule has 1 heterocycles. The molecule has 0 aliphatic heterocycles. The molecule has 124 valence electrons. The highest BCUT2D eigenvalue weighted by Gasteiger charge is 2.40. The van der Waals surface area contributed by atoms with Gasteiger partial charge in [0.25, 0.3) is 0 Å². The van der Waals surface area contributed by atoms with Gasteiger partial charge in [0.2, 0.25) is 0 Å². The summed E-state index contributed by atoms with van der Waals surface area (Å²) in [5, 5.41) is 0. The molecule has 0 radical (unpaired) electrons. The van der Waals surface area contributed by atoms with Crippen LogP contribution in [0, 0.1) is 0 Å². The van der Waals surface area contributed by atoms with E-state index < -0.39 is 0 Å². The summed E-state index contributed by atoms with van der Waals surface area (Å²) in [6.07, 6.45) is 4.54. The largest absolute Gasteiger partial charge is 0.300 e.